The number of halogens is 1. The van der Waals surface area contributed by atoms with Crippen LogP contribution in [-0.4, -0.2) is 6.61 Å². The third kappa shape index (κ3) is 1.69. The zero-order valence-corrected chi connectivity index (χ0v) is 7.75. The second-order valence-electron chi connectivity index (χ2n) is 2.82. The Bertz CT molecular complexity index is 335. The molecule has 0 amide bonds. The van der Waals surface area contributed by atoms with E-state index < -0.39 is 0 Å². The van der Waals surface area contributed by atoms with Crippen LogP contribution in [-0.2, 0) is 9.47 Å². The fourth-order valence-corrected chi connectivity index (χ4v) is 1.43. The van der Waals surface area contributed by atoms with Crippen LogP contribution in [0.2, 0.25) is 5.02 Å². The second kappa shape index (κ2) is 3.40. The van der Waals surface area contributed by atoms with E-state index in [1.165, 1.54) is 0 Å². The Morgan fingerprint density at radius 1 is 1.38 bits per heavy atom. The molecule has 0 spiro atoms. The smallest absolute Gasteiger partial charge is 0.228 e. The first-order valence-electron chi connectivity index (χ1n) is 3.98. The molecule has 1 aromatic carbocycles. The van der Waals surface area contributed by atoms with Gasteiger partial charge in [0.15, 0.2) is 0 Å². The first-order chi connectivity index (χ1) is 6.27. The number of benzene rings is 1. The van der Waals surface area contributed by atoms with Crippen LogP contribution in [0.5, 0.6) is 0 Å². The summed E-state index contributed by atoms with van der Waals surface area (Å²) in [4.78, 5) is 0. The van der Waals surface area contributed by atoms with Crippen LogP contribution in [0.1, 0.15) is 11.9 Å². The Morgan fingerprint density at radius 2 is 2.15 bits per heavy atom. The highest BCUT2D eigenvalue weighted by molar-refractivity contribution is 6.31. The predicted molar refractivity (Wildman–Crippen MR) is 50.4 cm³/mol. The van der Waals surface area contributed by atoms with E-state index in [0.29, 0.717) is 17.4 Å². The molecule has 3 heteroatoms. The Hall–Kier alpha value is -0.990. The molecular weight excluding hydrogens is 188 g/mol. The number of hydrogen-bond acceptors (Lipinski definition) is 2. The van der Waals surface area contributed by atoms with Crippen molar-refractivity contribution in [3.05, 3.63) is 47.2 Å². The molecule has 1 aromatic rings. The van der Waals surface area contributed by atoms with Gasteiger partial charge in [-0.3, -0.25) is 0 Å². The van der Waals surface area contributed by atoms with Crippen LogP contribution in [0, 0.1) is 0 Å². The lowest BCUT2D eigenvalue weighted by Gasteiger charge is -2.10. The highest BCUT2D eigenvalue weighted by Crippen LogP contribution is 2.32. The van der Waals surface area contributed by atoms with Crippen molar-refractivity contribution in [3.63, 3.8) is 0 Å². The van der Waals surface area contributed by atoms with E-state index in [2.05, 4.69) is 6.58 Å². The van der Waals surface area contributed by atoms with Crippen molar-refractivity contribution < 1.29 is 9.47 Å². The maximum atomic E-state index is 5.96. The van der Waals surface area contributed by atoms with Crippen LogP contribution in [0.3, 0.4) is 0 Å². The van der Waals surface area contributed by atoms with E-state index >= 15 is 0 Å². The van der Waals surface area contributed by atoms with Gasteiger partial charge in [0.1, 0.15) is 12.4 Å². The van der Waals surface area contributed by atoms with Crippen molar-refractivity contribution in [1.29, 1.82) is 0 Å². The summed E-state index contributed by atoms with van der Waals surface area (Å²) >= 11 is 5.96. The molecule has 1 aliphatic rings. The van der Waals surface area contributed by atoms with Gasteiger partial charge in [0.05, 0.1) is 5.02 Å². The van der Waals surface area contributed by atoms with Gasteiger partial charge in [-0.15, -0.1) is 0 Å². The van der Waals surface area contributed by atoms with Gasteiger partial charge in [0.25, 0.3) is 0 Å². The summed E-state index contributed by atoms with van der Waals surface area (Å²) in [5.74, 6) is 0.643. The Balaban J connectivity index is 2.26. The zero-order chi connectivity index (χ0) is 9.26. The highest BCUT2D eigenvalue weighted by Gasteiger charge is 2.23. The molecule has 13 heavy (non-hydrogen) atoms. The number of rotatable bonds is 1. The van der Waals surface area contributed by atoms with Crippen molar-refractivity contribution in [1.82, 2.24) is 0 Å². The summed E-state index contributed by atoms with van der Waals surface area (Å²) in [6, 6.07) is 7.46. The van der Waals surface area contributed by atoms with E-state index in [4.69, 9.17) is 21.1 Å². The SMILES string of the molecule is C=C1COC(c2ccccc2Cl)O1. The molecule has 0 saturated carbocycles. The Kier molecular flexibility index (Phi) is 2.25. The summed E-state index contributed by atoms with van der Waals surface area (Å²) in [7, 11) is 0. The van der Waals surface area contributed by atoms with Crippen LogP contribution in [0.4, 0.5) is 0 Å². The van der Waals surface area contributed by atoms with Gasteiger partial charge in [-0.05, 0) is 6.07 Å². The number of ether oxygens (including phenoxy) is 2. The van der Waals surface area contributed by atoms with Gasteiger partial charge in [-0.25, -0.2) is 0 Å². The van der Waals surface area contributed by atoms with Gasteiger partial charge in [-0.1, -0.05) is 36.4 Å². The van der Waals surface area contributed by atoms with Crippen molar-refractivity contribution in [2.75, 3.05) is 6.61 Å². The normalized spacial score (nSPS) is 21.6. The van der Waals surface area contributed by atoms with Crippen molar-refractivity contribution >= 4 is 11.6 Å². The van der Waals surface area contributed by atoms with Gasteiger partial charge in [0, 0.05) is 5.56 Å². The van der Waals surface area contributed by atoms with E-state index in [1.54, 1.807) is 0 Å². The maximum Gasteiger partial charge on any atom is 0.228 e. The molecule has 1 aliphatic heterocycles. The molecule has 68 valence electrons. The minimum Gasteiger partial charge on any atom is -0.463 e. The molecule has 0 aromatic heterocycles. The van der Waals surface area contributed by atoms with Gasteiger partial charge in [0.2, 0.25) is 6.29 Å². The summed E-state index contributed by atoms with van der Waals surface area (Å²) in [6.45, 7) is 4.11. The average molecular weight is 197 g/mol. The molecule has 1 unspecified atom stereocenters. The van der Waals surface area contributed by atoms with E-state index in [9.17, 15) is 0 Å². The van der Waals surface area contributed by atoms with Gasteiger partial charge < -0.3 is 9.47 Å². The molecule has 1 saturated heterocycles. The summed E-state index contributed by atoms with van der Waals surface area (Å²) in [5, 5.41) is 0.655. The van der Waals surface area contributed by atoms with Crippen molar-refractivity contribution in [2.24, 2.45) is 0 Å². The predicted octanol–water partition coefficient (Wildman–Crippen LogP) is 2.90. The molecule has 1 fully saturated rings. The largest absolute Gasteiger partial charge is 0.463 e. The highest BCUT2D eigenvalue weighted by atomic mass is 35.5. The lowest BCUT2D eigenvalue weighted by molar-refractivity contribution is -0.0338. The molecule has 1 heterocycles. The quantitative estimate of drug-likeness (QED) is 0.688. The van der Waals surface area contributed by atoms with Gasteiger partial charge in [-0.2, -0.15) is 0 Å². The standard InChI is InChI=1S/C10H9ClO2/c1-7-6-12-10(13-7)8-4-2-3-5-9(8)11/h2-5,10H,1,6H2. The van der Waals surface area contributed by atoms with E-state index in [-0.39, 0.29) is 6.29 Å². The third-order valence-electron chi connectivity index (χ3n) is 1.83. The second-order valence-corrected chi connectivity index (χ2v) is 3.23. The summed E-state index contributed by atoms with van der Waals surface area (Å²) in [5.41, 5.74) is 0.850. The first kappa shape index (κ1) is 8.60. The fourth-order valence-electron chi connectivity index (χ4n) is 1.21. The fraction of sp³-hybridized carbons (Fsp3) is 0.200. The Labute approximate surface area is 81.7 Å². The number of hydrogen-bond donors (Lipinski definition) is 0. The Morgan fingerprint density at radius 3 is 2.77 bits per heavy atom. The van der Waals surface area contributed by atoms with Crippen LogP contribution in [0.25, 0.3) is 0 Å². The lowest BCUT2D eigenvalue weighted by atomic mass is 10.2. The molecular formula is C10H9ClO2. The zero-order valence-electron chi connectivity index (χ0n) is 7.00. The third-order valence-corrected chi connectivity index (χ3v) is 2.17. The van der Waals surface area contributed by atoms with Crippen molar-refractivity contribution in [2.45, 2.75) is 6.29 Å². The lowest BCUT2D eigenvalue weighted by Crippen LogP contribution is -1.97. The molecule has 0 N–H and O–H groups in total. The van der Waals surface area contributed by atoms with Crippen LogP contribution < -0.4 is 0 Å². The monoisotopic (exact) mass is 196 g/mol. The topological polar surface area (TPSA) is 18.5 Å². The minimum absolute atomic E-state index is 0.388. The first-order valence-corrected chi connectivity index (χ1v) is 4.35. The molecule has 0 aliphatic carbocycles. The van der Waals surface area contributed by atoms with Crippen molar-refractivity contribution in [3.8, 4) is 0 Å². The van der Waals surface area contributed by atoms with E-state index in [1.807, 2.05) is 24.3 Å². The van der Waals surface area contributed by atoms with Gasteiger partial charge >= 0.3 is 0 Å². The molecule has 2 rings (SSSR count). The molecule has 2 nitrogen and oxygen atoms in total. The van der Waals surface area contributed by atoms with Crippen LogP contribution in [0.15, 0.2) is 36.6 Å². The molecule has 0 radical (unpaired) electrons. The molecule has 1 atom stereocenters. The minimum atomic E-state index is -0.388. The molecule has 0 bridgehead atoms. The maximum absolute atomic E-state index is 5.96. The summed E-state index contributed by atoms with van der Waals surface area (Å²) in [6.07, 6.45) is -0.388. The van der Waals surface area contributed by atoms with Crippen LogP contribution >= 0.6 is 11.6 Å². The van der Waals surface area contributed by atoms with E-state index in [0.717, 1.165) is 5.56 Å². The average Bonchev–Trinajstić information content (AvgIpc) is 2.53. The summed E-state index contributed by atoms with van der Waals surface area (Å²) < 4.78 is 10.7.